The first-order valence-corrected chi connectivity index (χ1v) is 14.7. The largest absolute Gasteiger partial charge is 0.463 e. The van der Waals surface area contributed by atoms with Crippen LogP contribution < -0.4 is 15.2 Å². The minimum Gasteiger partial charge on any atom is -0.463 e. The number of hydrogen-bond acceptors (Lipinski definition) is 7. The normalized spacial score (nSPS) is 15.7. The van der Waals surface area contributed by atoms with E-state index in [0.717, 1.165) is 80.5 Å². The number of nitrogens with one attached hydrogen (secondary N) is 1. The molecular weight excluding hydrogens is 492 g/mol. The van der Waals surface area contributed by atoms with Crippen molar-refractivity contribution in [3.63, 3.8) is 0 Å². The van der Waals surface area contributed by atoms with Gasteiger partial charge in [0.2, 0.25) is 15.8 Å². The lowest BCUT2D eigenvalue weighted by Crippen LogP contribution is -2.35. The summed E-state index contributed by atoms with van der Waals surface area (Å²) in [5.41, 5.74) is 3.02. The number of aliphatic hydroxyl groups is 1. The van der Waals surface area contributed by atoms with Gasteiger partial charge in [0.05, 0.1) is 24.2 Å². The summed E-state index contributed by atoms with van der Waals surface area (Å²) in [4.78, 5) is 0.163. The fourth-order valence-electron chi connectivity index (χ4n) is 4.33. The molecule has 3 rings (SSSR count). The minimum atomic E-state index is -3.65. The van der Waals surface area contributed by atoms with Crippen molar-refractivity contribution in [2.75, 3.05) is 26.4 Å². The van der Waals surface area contributed by atoms with Crippen LogP contribution in [-0.4, -0.2) is 45.7 Å². The smallest absolute Gasteiger partial charge is 0.238 e. The van der Waals surface area contributed by atoms with Crippen LogP contribution in [0.25, 0.3) is 0 Å². The monoisotopic (exact) mass is 534 g/mol. The van der Waals surface area contributed by atoms with Gasteiger partial charge in [0.1, 0.15) is 5.75 Å². The van der Waals surface area contributed by atoms with Crippen LogP contribution in [0.15, 0.2) is 47.4 Å². The molecule has 1 heterocycles. The SMILES string of the molecule is CC1(C)OCc2cc(C(CO)NCCCCCCOCCCCc3cccc(S(N)(=O)=O)c3)ccc2O1. The minimum absolute atomic E-state index is 0.0391. The summed E-state index contributed by atoms with van der Waals surface area (Å²) in [6.07, 6.45) is 6.96. The molecule has 1 atom stereocenters. The number of aryl methyl sites for hydroxylation is 1. The topological polar surface area (TPSA) is 120 Å². The van der Waals surface area contributed by atoms with E-state index in [9.17, 15) is 13.5 Å². The highest BCUT2D eigenvalue weighted by atomic mass is 32.2. The van der Waals surface area contributed by atoms with Crippen LogP contribution in [0, 0.1) is 0 Å². The van der Waals surface area contributed by atoms with Crippen LogP contribution in [0.1, 0.15) is 75.1 Å². The first kappa shape index (κ1) is 29.5. The third kappa shape index (κ3) is 10.00. The second-order valence-corrected chi connectivity index (χ2v) is 11.6. The molecule has 0 amide bonds. The average Bonchev–Trinajstić information content (AvgIpc) is 2.86. The molecule has 1 aliphatic heterocycles. The van der Waals surface area contributed by atoms with Crippen molar-refractivity contribution in [2.24, 2.45) is 5.14 Å². The number of ether oxygens (including phenoxy) is 3. The molecule has 1 aliphatic rings. The number of primary sulfonamides is 1. The predicted molar refractivity (Wildman–Crippen MR) is 144 cm³/mol. The Bertz CT molecular complexity index is 1090. The van der Waals surface area contributed by atoms with E-state index in [0.29, 0.717) is 13.2 Å². The van der Waals surface area contributed by atoms with E-state index in [1.54, 1.807) is 12.1 Å². The third-order valence-corrected chi connectivity index (χ3v) is 7.35. The Kier molecular flexibility index (Phi) is 11.4. The number of unbranched alkanes of at least 4 members (excludes halogenated alkanes) is 4. The fourth-order valence-corrected chi connectivity index (χ4v) is 4.92. The maximum atomic E-state index is 11.4. The number of rotatable bonds is 16. The molecule has 8 nitrogen and oxygen atoms in total. The number of nitrogens with two attached hydrogens (primary N) is 1. The summed E-state index contributed by atoms with van der Waals surface area (Å²) in [6.45, 7) is 6.66. The second-order valence-electron chi connectivity index (χ2n) is 10.0. The van der Waals surface area contributed by atoms with Crippen molar-refractivity contribution in [3.8, 4) is 5.75 Å². The Balaban J connectivity index is 1.21. The molecule has 9 heteroatoms. The third-order valence-electron chi connectivity index (χ3n) is 6.44. The first-order chi connectivity index (χ1) is 17.7. The zero-order chi connectivity index (χ0) is 26.7. The highest BCUT2D eigenvalue weighted by molar-refractivity contribution is 7.89. The summed E-state index contributed by atoms with van der Waals surface area (Å²) in [7, 11) is -3.65. The van der Waals surface area contributed by atoms with E-state index in [1.807, 2.05) is 32.0 Å². The molecule has 0 spiro atoms. The van der Waals surface area contributed by atoms with Gasteiger partial charge < -0.3 is 24.6 Å². The molecule has 0 fully saturated rings. The Labute approximate surface area is 221 Å². The van der Waals surface area contributed by atoms with E-state index in [1.165, 1.54) is 6.07 Å². The van der Waals surface area contributed by atoms with Crippen LogP contribution in [0.4, 0.5) is 0 Å². The van der Waals surface area contributed by atoms with Crippen molar-refractivity contribution in [1.29, 1.82) is 0 Å². The molecular formula is C28H42N2O6S. The molecule has 0 saturated heterocycles. The molecule has 0 radical (unpaired) electrons. The Morgan fingerprint density at radius 2 is 1.81 bits per heavy atom. The standard InChI is InChI=1S/C28H42N2O6S/c1-28(2)35-21-24-19-23(13-14-27(24)36-28)26(20-31)30-15-6-3-4-7-16-34-17-8-5-10-22-11-9-12-25(18-22)37(29,32)33/h9,11-14,18-19,26,30-31H,3-8,10,15-17,20-21H2,1-2H3,(H2,29,32,33). The molecule has 4 N–H and O–H groups in total. The van der Waals surface area contributed by atoms with Gasteiger partial charge in [0.25, 0.3) is 0 Å². The first-order valence-electron chi connectivity index (χ1n) is 13.2. The molecule has 0 bridgehead atoms. The van der Waals surface area contributed by atoms with E-state index in [-0.39, 0.29) is 17.5 Å². The summed E-state index contributed by atoms with van der Waals surface area (Å²) in [5.74, 6) is 0.231. The van der Waals surface area contributed by atoms with Crippen molar-refractivity contribution in [3.05, 3.63) is 59.2 Å². The van der Waals surface area contributed by atoms with E-state index < -0.39 is 15.8 Å². The molecule has 37 heavy (non-hydrogen) atoms. The zero-order valence-electron chi connectivity index (χ0n) is 22.1. The van der Waals surface area contributed by atoms with Crippen LogP contribution in [0.3, 0.4) is 0 Å². The van der Waals surface area contributed by atoms with Crippen molar-refractivity contribution >= 4 is 10.0 Å². The second kappa shape index (κ2) is 14.2. The molecule has 0 aromatic heterocycles. The molecule has 206 valence electrons. The van der Waals surface area contributed by atoms with E-state index in [4.69, 9.17) is 19.3 Å². The molecule has 2 aromatic rings. The van der Waals surface area contributed by atoms with E-state index in [2.05, 4.69) is 11.4 Å². The summed E-state index contributed by atoms with van der Waals surface area (Å²) in [5, 5.41) is 18.5. The van der Waals surface area contributed by atoms with Crippen molar-refractivity contribution in [2.45, 2.75) is 82.1 Å². The number of aliphatic hydroxyl groups excluding tert-OH is 1. The van der Waals surface area contributed by atoms with Crippen LogP contribution in [0.5, 0.6) is 5.75 Å². The Morgan fingerprint density at radius 1 is 1.05 bits per heavy atom. The maximum Gasteiger partial charge on any atom is 0.238 e. The average molecular weight is 535 g/mol. The molecule has 1 unspecified atom stereocenters. The number of hydrogen-bond donors (Lipinski definition) is 3. The summed E-state index contributed by atoms with van der Waals surface area (Å²) < 4.78 is 40.2. The van der Waals surface area contributed by atoms with Gasteiger partial charge >= 0.3 is 0 Å². The van der Waals surface area contributed by atoms with E-state index >= 15 is 0 Å². The summed E-state index contributed by atoms with van der Waals surface area (Å²) >= 11 is 0. The quantitative estimate of drug-likeness (QED) is 0.276. The number of benzene rings is 2. The zero-order valence-corrected chi connectivity index (χ0v) is 22.9. The predicted octanol–water partition coefficient (Wildman–Crippen LogP) is 4.20. The van der Waals surface area contributed by atoms with Gasteiger partial charge in [-0.15, -0.1) is 0 Å². The summed E-state index contributed by atoms with van der Waals surface area (Å²) in [6, 6.07) is 12.7. The lowest BCUT2D eigenvalue weighted by atomic mass is 10.0. The van der Waals surface area contributed by atoms with Gasteiger partial charge in [-0.1, -0.05) is 31.0 Å². The lowest BCUT2D eigenvalue weighted by molar-refractivity contribution is -0.180. The highest BCUT2D eigenvalue weighted by Gasteiger charge is 2.27. The van der Waals surface area contributed by atoms with Gasteiger partial charge in [0, 0.05) is 32.6 Å². The number of sulfonamides is 1. The van der Waals surface area contributed by atoms with Crippen LogP contribution in [0.2, 0.25) is 0 Å². The molecule has 0 saturated carbocycles. The lowest BCUT2D eigenvalue weighted by Gasteiger charge is -2.33. The van der Waals surface area contributed by atoms with Gasteiger partial charge in [0.15, 0.2) is 0 Å². The maximum absolute atomic E-state index is 11.4. The Hall–Kier alpha value is -2.01. The Morgan fingerprint density at radius 3 is 2.57 bits per heavy atom. The van der Waals surface area contributed by atoms with Crippen LogP contribution in [-0.2, 0) is 32.5 Å². The van der Waals surface area contributed by atoms with Gasteiger partial charge in [-0.05, 0) is 74.0 Å². The fraction of sp³-hybridized carbons (Fsp3) is 0.571. The van der Waals surface area contributed by atoms with Crippen molar-refractivity contribution < 1.29 is 27.7 Å². The highest BCUT2D eigenvalue weighted by Crippen LogP contribution is 2.32. The van der Waals surface area contributed by atoms with Crippen molar-refractivity contribution in [1.82, 2.24) is 5.32 Å². The van der Waals surface area contributed by atoms with Gasteiger partial charge in [-0.3, -0.25) is 0 Å². The van der Waals surface area contributed by atoms with Gasteiger partial charge in [-0.2, -0.15) is 0 Å². The molecule has 0 aliphatic carbocycles. The van der Waals surface area contributed by atoms with Gasteiger partial charge in [-0.25, -0.2) is 13.6 Å². The molecule has 2 aromatic carbocycles. The number of fused-ring (bicyclic) bond motifs is 1. The van der Waals surface area contributed by atoms with Crippen LogP contribution >= 0.6 is 0 Å².